The molecule has 2 aliphatic heterocycles. The number of hydrogen-bond acceptors (Lipinski definition) is 3. The summed E-state index contributed by atoms with van der Waals surface area (Å²) in [6.45, 7) is 5.26. The molecule has 2 heterocycles. The van der Waals surface area contributed by atoms with Gasteiger partial charge in [-0.25, -0.2) is 0 Å². The van der Waals surface area contributed by atoms with Gasteiger partial charge in [0.25, 0.3) is 0 Å². The summed E-state index contributed by atoms with van der Waals surface area (Å²) in [5.74, 6) is 0.749. The van der Waals surface area contributed by atoms with Crippen molar-refractivity contribution in [1.29, 1.82) is 0 Å². The molecule has 2 saturated heterocycles. The highest BCUT2D eigenvalue weighted by molar-refractivity contribution is 4.82. The first-order chi connectivity index (χ1) is 6.90. The quantitative estimate of drug-likeness (QED) is 0.714. The third kappa shape index (κ3) is 2.47. The standard InChI is InChI=1S/C11H22N2O/c12-8-10-3-5-13(9-10)11-2-1-6-14-7-4-11/h10-11H,1-9,12H2. The zero-order valence-corrected chi connectivity index (χ0v) is 8.95. The third-order valence-electron chi connectivity index (χ3n) is 3.59. The Bertz CT molecular complexity index is 167. The molecule has 0 saturated carbocycles. The van der Waals surface area contributed by atoms with E-state index in [0.29, 0.717) is 0 Å². The van der Waals surface area contributed by atoms with E-state index in [1.807, 2.05) is 0 Å². The lowest BCUT2D eigenvalue weighted by Crippen LogP contribution is -2.34. The van der Waals surface area contributed by atoms with Crippen LogP contribution in [0.3, 0.4) is 0 Å². The minimum absolute atomic E-state index is 0.749. The summed E-state index contributed by atoms with van der Waals surface area (Å²) in [5, 5.41) is 0. The Morgan fingerprint density at radius 3 is 2.93 bits per heavy atom. The topological polar surface area (TPSA) is 38.5 Å². The zero-order valence-electron chi connectivity index (χ0n) is 8.95. The number of hydrogen-bond donors (Lipinski definition) is 1. The molecule has 0 aromatic rings. The van der Waals surface area contributed by atoms with Gasteiger partial charge in [0, 0.05) is 25.8 Å². The Morgan fingerprint density at radius 1 is 1.21 bits per heavy atom. The Hall–Kier alpha value is -0.120. The molecule has 0 radical (unpaired) electrons. The second kappa shape index (κ2) is 5.10. The second-order valence-corrected chi connectivity index (χ2v) is 4.58. The molecule has 2 rings (SSSR count). The minimum atomic E-state index is 0.749. The molecular formula is C11H22N2O. The zero-order chi connectivity index (χ0) is 9.80. The molecule has 2 unspecified atom stereocenters. The monoisotopic (exact) mass is 198 g/mol. The predicted octanol–water partition coefficient (Wildman–Crippen LogP) is 0.836. The van der Waals surface area contributed by atoms with Crippen molar-refractivity contribution in [2.75, 3.05) is 32.8 Å². The summed E-state index contributed by atoms with van der Waals surface area (Å²) in [5.41, 5.74) is 5.71. The Labute approximate surface area is 86.6 Å². The van der Waals surface area contributed by atoms with Gasteiger partial charge < -0.3 is 10.5 Å². The van der Waals surface area contributed by atoms with Crippen molar-refractivity contribution in [3.63, 3.8) is 0 Å². The van der Waals surface area contributed by atoms with E-state index in [0.717, 1.165) is 31.7 Å². The molecule has 3 heteroatoms. The Kier molecular flexibility index (Phi) is 3.79. The smallest absolute Gasteiger partial charge is 0.0480 e. The number of likely N-dealkylation sites (tertiary alicyclic amines) is 1. The van der Waals surface area contributed by atoms with Crippen LogP contribution in [0.2, 0.25) is 0 Å². The van der Waals surface area contributed by atoms with Crippen LogP contribution in [0, 0.1) is 5.92 Å². The van der Waals surface area contributed by atoms with Crippen molar-refractivity contribution in [2.45, 2.75) is 31.7 Å². The first kappa shape index (κ1) is 10.4. The van der Waals surface area contributed by atoms with E-state index in [4.69, 9.17) is 10.5 Å². The summed E-state index contributed by atoms with van der Waals surface area (Å²) in [4.78, 5) is 2.63. The molecular weight excluding hydrogens is 176 g/mol. The van der Waals surface area contributed by atoms with E-state index in [1.54, 1.807) is 0 Å². The van der Waals surface area contributed by atoms with Crippen LogP contribution >= 0.6 is 0 Å². The van der Waals surface area contributed by atoms with E-state index < -0.39 is 0 Å². The Morgan fingerprint density at radius 2 is 2.14 bits per heavy atom. The van der Waals surface area contributed by atoms with Gasteiger partial charge in [-0.1, -0.05) is 0 Å². The van der Waals surface area contributed by atoms with E-state index >= 15 is 0 Å². The average molecular weight is 198 g/mol. The van der Waals surface area contributed by atoms with E-state index in [2.05, 4.69) is 4.90 Å². The molecule has 0 aromatic heterocycles. The predicted molar refractivity (Wildman–Crippen MR) is 57.2 cm³/mol. The van der Waals surface area contributed by atoms with Gasteiger partial charge in [0.2, 0.25) is 0 Å². The molecule has 2 aliphatic rings. The molecule has 2 fully saturated rings. The fraction of sp³-hybridized carbons (Fsp3) is 1.00. The molecule has 2 N–H and O–H groups in total. The van der Waals surface area contributed by atoms with Crippen molar-refractivity contribution in [2.24, 2.45) is 11.7 Å². The van der Waals surface area contributed by atoms with Gasteiger partial charge in [-0.3, -0.25) is 4.90 Å². The van der Waals surface area contributed by atoms with E-state index in [-0.39, 0.29) is 0 Å². The van der Waals surface area contributed by atoms with Crippen molar-refractivity contribution < 1.29 is 4.74 Å². The van der Waals surface area contributed by atoms with E-state index in [9.17, 15) is 0 Å². The number of rotatable bonds is 2. The lowest BCUT2D eigenvalue weighted by atomic mass is 10.1. The van der Waals surface area contributed by atoms with Crippen LogP contribution in [-0.4, -0.2) is 43.8 Å². The summed E-state index contributed by atoms with van der Waals surface area (Å²) in [6.07, 6.45) is 5.07. The summed E-state index contributed by atoms with van der Waals surface area (Å²) in [6, 6.07) is 0.772. The molecule has 0 amide bonds. The van der Waals surface area contributed by atoms with Crippen LogP contribution in [0.1, 0.15) is 25.7 Å². The summed E-state index contributed by atoms with van der Waals surface area (Å²) in [7, 11) is 0. The van der Waals surface area contributed by atoms with Gasteiger partial charge in [0.05, 0.1) is 0 Å². The van der Waals surface area contributed by atoms with Crippen molar-refractivity contribution in [1.82, 2.24) is 4.90 Å². The van der Waals surface area contributed by atoms with Crippen molar-refractivity contribution >= 4 is 0 Å². The molecule has 14 heavy (non-hydrogen) atoms. The van der Waals surface area contributed by atoms with Gasteiger partial charge in [0.15, 0.2) is 0 Å². The van der Waals surface area contributed by atoms with Gasteiger partial charge in [-0.05, 0) is 44.7 Å². The molecule has 82 valence electrons. The first-order valence-corrected chi connectivity index (χ1v) is 5.92. The minimum Gasteiger partial charge on any atom is -0.381 e. The number of ether oxygens (including phenoxy) is 1. The largest absolute Gasteiger partial charge is 0.381 e. The molecule has 0 bridgehead atoms. The van der Waals surface area contributed by atoms with Gasteiger partial charge in [-0.15, -0.1) is 0 Å². The highest BCUT2D eigenvalue weighted by Gasteiger charge is 2.27. The molecule has 3 nitrogen and oxygen atoms in total. The first-order valence-electron chi connectivity index (χ1n) is 5.92. The third-order valence-corrected chi connectivity index (χ3v) is 3.59. The van der Waals surface area contributed by atoms with E-state index in [1.165, 1.54) is 38.8 Å². The lowest BCUT2D eigenvalue weighted by Gasteiger charge is -2.26. The van der Waals surface area contributed by atoms with Crippen LogP contribution in [-0.2, 0) is 4.74 Å². The van der Waals surface area contributed by atoms with Crippen LogP contribution in [0.15, 0.2) is 0 Å². The van der Waals surface area contributed by atoms with Gasteiger partial charge in [-0.2, -0.15) is 0 Å². The molecule has 0 spiro atoms. The van der Waals surface area contributed by atoms with Gasteiger partial charge in [0.1, 0.15) is 0 Å². The molecule has 0 aromatic carbocycles. The highest BCUT2D eigenvalue weighted by Crippen LogP contribution is 2.23. The maximum atomic E-state index is 5.71. The normalized spacial score (nSPS) is 35.8. The number of nitrogens with two attached hydrogens (primary N) is 1. The lowest BCUT2D eigenvalue weighted by molar-refractivity contribution is 0.134. The van der Waals surface area contributed by atoms with Crippen LogP contribution in [0.25, 0.3) is 0 Å². The molecule has 2 atom stereocenters. The Balaban J connectivity index is 1.82. The highest BCUT2D eigenvalue weighted by atomic mass is 16.5. The average Bonchev–Trinajstić information content (AvgIpc) is 2.53. The fourth-order valence-corrected chi connectivity index (χ4v) is 2.64. The van der Waals surface area contributed by atoms with Crippen molar-refractivity contribution in [3.8, 4) is 0 Å². The van der Waals surface area contributed by atoms with Crippen molar-refractivity contribution in [3.05, 3.63) is 0 Å². The van der Waals surface area contributed by atoms with Gasteiger partial charge >= 0.3 is 0 Å². The maximum Gasteiger partial charge on any atom is 0.0480 e. The summed E-state index contributed by atoms with van der Waals surface area (Å²) < 4.78 is 5.49. The number of nitrogens with zero attached hydrogens (tertiary/aromatic N) is 1. The van der Waals surface area contributed by atoms with Crippen LogP contribution < -0.4 is 5.73 Å². The fourth-order valence-electron chi connectivity index (χ4n) is 2.64. The molecule has 0 aliphatic carbocycles. The maximum absolute atomic E-state index is 5.71. The van der Waals surface area contributed by atoms with Crippen LogP contribution in [0.4, 0.5) is 0 Å². The summed E-state index contributed by atoms with van der Waals surface area (Å²) >= 11 is 0. The SMILES string of the molecule is NCC1CCN(C2CCCOCC2)C1. The van der Waals surface area contributed by atoms with Crippen LogP contribution in [0.5, 0.6) is 0 Å². The second-order valence-electron chi connectivity index (χ2n) is 4.58.